The highest BCUT2D eigenvalue weighted by Crippen LogP contribution is 2.24. The van der Waals surface area contributed by atoms with E-state index in [1.807, 2.05) is 4.90 Å². The highest BCUT2D eigenvalue weighted by molar-refractivity contribution is 7.89. The molecule has 1 aromatic heterocycles. The predicted octanol–water partition coefficient (Wildman–Crippen LogP) is 0.307. The molecule has 1 aliphatic rings. The van der Waals surface area contributed by atoms with E-state index in [0.29, 0.717) is 12.4 Å². The van der Waals surface area contributed by atoms with Crippen molar-refractivity contribution in [3.63, 3.8) is 0 Å². The Morgan fingerprint density at radius 1 is 1.47 bits per heavy atom. The number of nitrogens with one attached hydrogen (secondary N) is 1. The van der Waals surface area contributed by atoms with Crippen molar-refractivity contribution in [1.82, 2.24) is 9.71 Å². The van der Waals surface area contributed by atoms with Gasteiger partial charge in [0, 0.05) is 31.9 Å². The van der Waals surface area contributed by atoms with E-state index in [-0.39, 0.29) is 10.9 Å². The van der Waals surface area contributed by atoms with Crippen LogP contribution in [0.1, 0.15) is 19.8 Å². The van der Waals surface area contributed by atoms with Gasteiger partial charge in [0.05, 0.1) is 0 Å². The molecule has 0 amide bonds. The largest absolute Gasteiger partial charge is 0.355 e. The van der Waals surface area contributed by atoms with Gasteiger partial charge in [0.2, 0.25) is 10.0 Å². The molecule has 0 spiro atoms. The quantitative estimate of drug-likeness (QED) is 0.830. The maximum absolute atomic E-state index is 12.2. The van der Waals surface area contributed by atoms with Crippen molar-refractivity contribution < 1.29 is 8.42 Å². The van der Waals surface area contributed by atoms with Gasteiger partial charge in [0.25, 0.3) is 0 Å². The lowest BCUT2D eigenvalue weighted by atomic mass is 10.1. The fraction of sp³-hybridized carbons (Fsp3) is 0.583. The number of rotatable bonds is 4. The minimum absolute atomic E-state index is 0.203. The van der Waals surface area contributed by atoms with Crippen molar-refractivity contribution in [2.24, 2.45) is 5.73 Å². The van der Waals surface area contributed by atoms with Gasteiger partial charge >= 0.3 is 0 Å². The van der Waals surface area contributed by atoms with Gasteiger partial charge < -0.3 is 10.6 Å². The van der Waals surface area contributed by atoms with Gasteiger partial charge in [-0.05, 0) is 25.0 Å². The molecular weight excluding hydrogens is 264 g/mol. The van der Waals surface area contributed by atoms with Crippen molar-refractivity contribution in [1.29, 1.82) is 0 Å². The summed E-state index contributed by atoms with van der Waals surface area (Å²) in [7, 11) is -3.49. The lowest BCUT2D eigenvalue weighted by molar-refractivity contribution is 0.496. The van der Waals surface area contributed by atoms with Crippen LogP contribution < -0.4 is 15.4 Å². The molecule has 1 saturated heterocycles. The minimum atomic E-state index is -3.49. The molecule has 2 heterocycles. The zero-order valence-electron chi connectivity index (χ0n) is 11.0. The van der Waals surface area contributed by atoms with Gasteiger partial charge in [0.15, 0.2) is 0 Å². The van der Waals surface area contributed by atoms with Crippen LogP contribution in [0.4, 0.5) is 5.82 Å². The Labute approximate surface area is 114 Å². The molecule has 19 heavy (non-hydrogen) atoms. The molecule has 0 atom stereocenters. The number of aromatic nitrogens is 1. The molecule has 0 aliphatic carbocycles. The smallest absolute Gasteiger partial charge is 0.244 e. The molecule has 3 N–H and O–H groups in total. The maximum Gasteiger partial charge on any atom is 0.244 e. The third-order valence-corrected chi connectivity index (χ3v) is 4.78. The highest BCUT2D eigenvalue weighted by atomic mass is 32.2. The third-order valence-electron chi connectivity index (χ3n) is 3.21. The van der Waals surface area contributed by atoms with Crippen LogP contribution in [0.25, 0.3) is 0 Å². The Balaban J connectivity index is 2.31. The number of piperidine rings is 1. The van der Waals surface area contributed by atoms with Gasteiger partial charge in [-0.25, -0.2) is 18.1 Å². The van der Waals surface area contributed by atoms with Crippen LogP contribution in [-0.4, -0.2) is 39.1 Å². The Morgan fingerprint density at radius 3 is 2.79 bits per heavy atom. The molecule has 0 unspecified atom stereocenters. The molecule has 1 fully saturated rings. The van der Waals surface area contributed by atoms with E-state index in [4.69, 9.17) is 5.73 Å². The van der Waals surface area contributed by atoms with Crippen molar-refractivity contribution >= 4 is 15.8 Å². The van der Waals surface area contributed by atoms with Crippen LogP contribution in [0, 0.1) is 0 Å². The van der Waals surface area contributed by atoms with Crippen LogP contribution in [0.3, 0.4) is 0 Å². The maximum atomic E-state index is 12.2. The first-order valence-electron chi connectivity index (χ1n) is 6.50. The highest BCUT2D eigenvalue weighted by Gasteiger charge is 2.24. The monoisotopic (exact) mass is 284 g/mol. The second-order valence-electron chi connectivity index (χ2n) is 4.65. The second kappa shape index (κ2) is 5.85. The fourth-order valence-electron chi connectivity index (χ4n) is 2.21. The van der Waals surface area contributed by atoms with Crippen molar-refractivity contribution in [2.75, 3.05) is 24.5 Å². The number of hydrogen-bond acceptors (Lipinski definition) is 5. The van der Waals surface area contributed by atoms with E-state index in [1.54, 1.807) is 25.3 Å². The lowest BCUT2D eigenvalue weighted by Crippen LogP contribution is -2.41. The standard InChI is InChI=1S/C12H20N4O2S/c1-2-15-19(17,18)11-4-3-7-14-12(11)16-8-5-10(13)6-9-16/h3-4,7,10,15H,2,5-6,8-9,13H2,1H3. The molecular formula is C12H20N4O2S. The number of pyridine rings is 1. The normalized spacial score (nSPS) is 17.7. The molecule has 0 radical (unpaired) electrons. The van der Waals surface area contributed by atoms with Gasteiger partial charge in [-0.15, -0.1) is 0 Å². The summed E-state index contributed by atoms with van der Waals surface area (Å²) >= 11 is 0. The summed E-state index contributed by atoms with van der Waals surface area (Å²) in [5.41, 5.74) is 5.87. The molecule has 1 aliphatic heterocycles. The molecule has 0 bridgehead atoms. The zero-order valence-corrected chi connectivity index (χ0v) is 11.9. The number of nitrogens with two attached hydrogens (primary N) is 1. The van der Waals surface area contributed by atoms with Crippen molar-refractivity contribution in [3.05, 3.63) is 18.3 Å². The third kappa shape index (κ3) is 3.23. The van der Waals surface area contributed by atoms with E-state index in [2.05, 4.69) is 9.71 Å². The van der Waals surface area contributed by atoms with Crippen LogP contribution in [-0.2, 0) is 10.0 Å². The van der Waals surface area contributed by atoms with Crippen molar-refractivity contribution in [2.45, 2.75) is 30.7 Å². The zero-order chi connectivity index (χ0) is 13.9. The first-order chi connectivity index (χ1) is 9.04. The Kier molecular flexibility index (Phi) is 4.38. The summed E-state index contributed by atoms with van der Waals surface area (Å²) in [6.45, 7) is 3.61. The molecule has 106 valence electrons. The summed E-state index contributed by atoms with van der Waals surface area (Å²) in [5.74, 6) is 0.523. The SMILES string of the molecule is CCNS(=O)(=O)c1cccnc1N1CCC(N)CC1. The van der Waals surface area contributed by atoms with E-state index in [1.165, 1.54) is 0 Å². The molecule has 7 heteroatoms. The molecule has 1 aromatic rings. The summed E-state index contributed by atoms with van der Waals surface area (Å²) in [6, 6.07) is 3.44. The number of hydrogen-bond donors (Lipinski definition) is 2. The summed E-state index contributed by atoms with van der Waals surface area (Å²) in [4.78, 5) is 6.48. The number of nitrogens with zero attached hydrogens (tertiary/aromatic N) is 2. The van der Waals surface area contributed by atoms with Gasteiger partial charge in [-0.3, -0.25) is 0 Å². The topological polar surface area (TPSA) is 88.3 Å². The van der Waals surface area contributed by atoms with Crippen LogP contribution in [0.2, 0.25) is 0 Å². The first kappa shape index (κ1) is 14.2. The molecule has 2 rings (SSSR count). The summed E-state index contributed by atoms with van der Waals surface area (Å²) in [5, 5.41) is 0. The number of anilines is 1. The second-order valence-corrected chi connectivity index (χ2v) is 6.39. The molecule has 0 aromatic carbocycles. The Morgan fingerprint density at radius 2 is 2.16 bits per heavy atom. The Hall–Kier alpha value is -1.18. The molecule has 6 nitrogen and oxygen atoms in total. The van der Waals surface area contributed by atoms with Crippen LogP contribution >= 0.6 is 0 Å². The summed E-state index contributed by atoms with van der Waals surface area (Å²) < 4.78 is 26.8. The van der Waals surface area contributed by atoms with Crippen LogP contribution in [0.15, 0.2) is 23.2 Å². The van der Waals surface area contributed by atoms with E-state index < -0.39 is 10.0 Å². The van der Waals surface area contributed by atoms with E-state index in [0.717, 1.165) is 25.9 Å². The summed E-state index contributed by atoms with van der Waals surface area (Å²) in [6.07, 6.45) is 3.34. The van der Waals surface area contributed by atoms with Gasteiger partial charge in [-0.1, -0.05) is 6.92 Å². The average molecular weight is 284 g/mol. The fourth-order valence-corrected chi connectivity index (χ4v) is 3.42. The van der Waals surface area contributed by atoms with Gasteiger partial charge in [0.1, 0.15) is 10.7 Å². The number of sulfonamides is 1. The molecule has 0 saturated carbocycles. The van der Waals surface area contributed by atoms with E-state index in [9.17, 15) is 8.42 Å². The lowest BCUT2D eigenvalue weighted by Gasteiger charge is -2.32. The first-order valence-corrected chi connectivity index (χ1v) is 7.98. The van der Waals surface area contributed by atoms with Gasteiger partial charge in [-0.2, -0.15) is 0 Å². The minimum Gasteiger partial charge on any atom is -0.355 e. The predicted molar refractivity (Wildman–Crippen MR) is 74.5 cm³/mol. The Bertz CT molecular complexity index is 524. The van der Waals surface area contributed by atoms with Crippen molar-refractivity contribution in [3.8, 4) is 0 Å². The van der Waals surface area contributed by atoms with E-state index >= 15 is 0 Å². The van der Waals surface area contributed by atoms with Crippen LogP contribution in [0.5, 0.6) is 0 Å². The average Bonchev–Trinajstić information content (AvgIpc) is 2.39.